The first kappa shape index (κ1) is 15.5. The van der Waals surface area contributed by atoms with Crippen LogP contribution in [0.3, 0.4) is 0 Å². The molecule has 7 heteroatoms. The summed E-state index contributed by atoms with van der Waals surface area (Å²) in [4.78, 5) is 0.243. The van der Waals surface area contributed by atoms with Crippen LogP contribution in [0.25, 0.3) is 0 Å². The van der Waals surface area contributed by atoms with Crippen LogP contribution in [0.15, 0.2) is 29.2 Å². The summed E-state index contributed by atoms with van der Waals surface area (Å²) in [5.74, 6) is 0.225. The lowest BCUT2D eigenvalue weighted by Gasteiger charge is -2.30. The third-order valence-corrected chi connectivity index (χ3v) is 6.40. The highest BCUT2D eigenvalue weighted by molar-refractivity contribution is 7.91. The average Bonchev–Trinajstić information content (AvgIpc) is 2.36. The van der Waals surface area contributed by atoms with Crippen molar-refractivity contribution in [3.8, 4) is 0 Å². The third-order valence-electron chi connectivity index (χ3n) is 3.52. The first-order valence-corrected chi connectivity index (χ1v) is 10.2. The second-order valence-corrected chi connectivity index (χ2v) is 9.41. The van der Waals surface area contributed by atoms with Crippen LogP contribution in [0.4, 0.5) is 0 Å². The number of rotatable bonds is 3. The monoisotopic (exact) mass is 317 g/mol. The molecule has 2 rings (SSSR count). The largest absolute Gasteiger partial charge is 0.305 e. The normalized spacial score (nSPS) is 26.3. The van der Waals surface area contributed by atoms with E-state index >= 15 is 0 Å². The Kier molecular flexibility index (Phi) is 4.22. The lowest BCUT2D eigenvalue weighted by atomic mass is 10.1. The molecule has 0 saturated carbocycles. The highest BCUT2D eigenvalue weighted by atomic mass is 32.2. The van der Waals surface area contributed by atoms with Crippen molar-refractivity contribution in [1.82, 2.24) is 5.32 Å². The molecular weight excluding hydrogens is 298 g/mol. The first-order chi connectivity index (χ1) is 9.21. The molecule has 112 valence electrons. The molecule has 0 aromatic heterocycles. The molecule has 1 aliphatic rings. The van der Waals surface area contributed by atoms with Crippen molar-refractivity contribution in [1.29, 1.82) is 0 Å². The van der Waals surface area contributed by atoms with E-state index < -0.39 is 19.7 Å². The van der Waals surface area contributed by atoms with Crippen LogP contribution >= 0.6 is 0 Å². The fraction of sp³-hybridized carbons (Fsp3) is 0.538. The van der Waals surface area contributed by atoms with Gasteiger partial charge in [0.05, 0.1) is 16.4 Å². The van der Waals surface area contributed by atoms with E-state index in [2.05, 4.69) is 5.32 Å². The minimum atomic E-state index is -3.23. The van der Waals surface area contributed by atoms with E-state index in [1.165, 1.54) is 12.1 Å². The van der Waals surface area contributed by atoms with Gasteiger partial charge in [0, 0.05) is 18.3 Å². The van der Waals surface area contributed by atoms with Gasteiger partial charge in [0.1, 0.15) is 0 Å². The lowest BCUT2D eigenvalue weighted by Crippen LogP contribution is -2.46. The van der Waals surface area contributed by atoms with Gasteiger partial charge < -0.3 is 5.32 Å². The standard InChI is InChI=1S/C13H19NO4S2/c1-3-11-8-20(17,18)9-13(14-11)10-4-6-12(7-5-10)19(2,15)16/h4-7,11,13-14H,3,8-9H2,1-2H3. The van der Waals surface area contributed by atoms with Crippen molar-refractivity contribution in [3.63, 3.8) is 0 Å². The van der Waals surface area contributed by atoms with E-state index in [0.29, 0.717) is 0 Å². The van der Waals surface area contributed by atoms with Gasteiger partial charge in [0.15, 0.2) is 19.7 Å². The van der Waals surface area contributed by atoms with Crippen LogP contribution in [0, 0.1) is 0 Å². The Labute approximate surface area is 120 Å². The van der Waals surface area contributed by atoms with Gasteiger partial charge in [0.25, 0.3) is 0 Å². The zero-order valence-corrected chi connectivity index (χ0v) is 13.2. The highest BCUT2D eigenvalue weighted by Gasteiger charge is 2.31. The lowest BCUT2D eigenvalue weighted by molar-refractivity contribution is 0.440. The van der Waals surface area contributed by atoms with Gasteiger partial charge in [-0.2, -0.15) is 0 Å². The Morgan fingerprint density at radius 2 is 1.80 bits per heavy atom. The van der Waals surface area contributed by atoms with Crippen molar-refractivity contribution in [2.45, 2.75) is 30.3 Å². The van der Waals surface area contributed by atoms with Crippen LogP contribution < -0.4 is 5.32 Å². The maximum absolute atomic E-state index is 11.9. The zero-order chi connectivity index (χ0) is 15.0. The van der Waals surface area contributed by atoms with Crippen LogP contribution in [0.2, 0.25) is 0 Å². The summed E-state index contributed by atoms with van der Waals surface area (Å²) < 4.78 is 46.6. The molecule has 1 fully saturated rings. The van der Waals surface area contributed by atoms with E-state index in [0.717, 1.165) is 18.2 Å². The molecule has 1 N–H and O–H groups in total. The quantitative estimate of drug-likeness (QED) is 0.897. The second kappa shape index (κ2) is 5.46. The van der Waals surface area contributed by atoms with Crippen LogP contribution in [-0.4, -0.2) is 40.6 Å². The molecule has 1 aromatic rings. The number of hydrogen-bond donors (Lipinski definition) is 1. The van der Waals surface area contributed by atoms with Gasteiger partial charge in [-0.3, -0.25) is 0 Å². The fourth-order valence-corrected chi connectivity index (χ4v) is 4.89. The summed E-state index contributed by atoms with van der Waals surface area (Å²) in [6.07, 6.45) is 1.90. The van der Waals surface area contributed by atoms with Gasteiger partial charge in [0.2, 0.25) is 0 Å². The molecule has 1 aromatic carbocycles. The molecule has 0 amide bonds. The van der Waals surface area contributed by atoms with Gasteiger partial charge in [-0.1, -0.05) is 19.1 Å². The van der Waals surface area contributed by atoms with E-state index in [1.54, 1.807) is 12.1 Å². The summed E-state index contributed by atoms with van der Waals surface area (Å²) in [6.45, 7) is 1.95. The molecule has 1 saturated heterocycles. The van der Waals surface area contributed by atoms with E-state index in [-0.39, 0.29) is 28.5 Å². The summed E-state index contributed by atoms with van der Waals surface area (Å²) in [7, 11) is -6.29. The van der Waals surface area contributed by atoms with Crippen molar-refractivity contribution in [3.05, 3.63) is 29.8 Å². The van der Waals surface area contributed by atoms with E-state index in [4.69, 9.17) is 0 Å². The number of nitrogens with one attached hydrogen (secondary N) is 1. The summed E-state index contributed by atoms with van der Waals surface area (Å²) in [6, 6.07) is 6.09. The van der Waals surface area contributed by atoms with Crippen molar-refractivity contribution >= 4 is 19.7 Å². The Hall–Kier alpha value is -0.920. The Bertz CT molecular complexity index is 678. The maximum atomic E-state index is 11.9. The number of sulfone groups is 2. The Morgan fingerprint density at radius 3 is 2.30 bits per heavy atom. The minimum absolute atomic E-state index is 0.0478. The molecule has 1 aliphatic heterocycles. The van der Waals surface area contributed by atoms with Gasteiger partial charge in [-0.05, 0) is 24.1 Å². The van der Waals surface area contributed by atoms with Crippen LogP contribution in [0.1, 0.15) is 24.9 Å². The first-order valence-electron chi connectivity index (χ1n) is 6.48. The predicted molar refractivity (Wildman–Crippen MR) is 78.2 cm³/mol. The number of hydrogen-bond acceptors (Lipinski definition) is 5. The second-order valence-electron chi connectivity index (χ2n) is 5.24. The Morgan fingerprint density at radius 1 is 1.20 bits per heavy atom. The predicted octanol–water partition coefficient (Wildman–Crippen LogP) is 0.928. The number of benzene rings is 1. The molecule has 5 nitrogen and oxygen atoms in total. The van der Waals surface area contributed by atoms with Gasteiger partial charge in [-0.15, -0.1) is 0 Å². The van der Waals surface area contributed by atoms with Gasteiger partial charge >= 0.3 is 0 Å². The molecule has 0 aliphatic carbocycles. The van der Waals surface area contributed by atoms with Crippen molar-refractivity contribution in [2.75, 3.05) is 17.8 Å². The minimum Gasteiger partial charge on any atom is -0.305 e. The van der Waals surface area contributed by atoms with Gasteiger partial charge in [-0.25, -0.2) is 16.8 Å². The molecule has 20 heavy (non-hydrogen) atoms. The van der Waals surface area contributed by atoms with Crippen molar-refractivity contribution < 1.29 is 16.8 Å². The average molecular weight is 317 g/mol. The third kappa shape index (κ3) is 3.59. The van der Waals surface area contributed by atoms with E-state index in [1.807, 2.05) is 6.92 Å². The highest BCUT2D eigenvalue weighted by Crippen LogP contribution is 2.23. The van der Waals surface area contributed by atoms with Crippen LogP contribution in [0.5, 0.6) is 0 Å². The Balaban J connectivity index is 2.27. The van der Waals surface area contributed by atoms with E-state index in [9.17, 15) is 16.8 Å². The summed E-state index contributed by atoms with van der Waals surface area (Å²) in [5.41, 5.74) is 0.805. The molecule has 2 atom stereocenters. The molecule has 0 spiro atoms. The smallest absolute Gasteiger partial charge is 0.175 e. The fourth-order valence-electron chi connectivity index (χ4n) is 2.38. The maximum Gasteiger partial charge on any atom is 0.175 e. The molecular formula is C13H19NO4S2. The molecule has 2 unspecified atom stereocenters. The molecule has 1 heterocycles. The topological polar surface area (TPSA) is 80.3 Å². The SMILES string of the molecule is CCC1CS(=O)(=O)CC(c2ccc(S(C)(=O)=O)cc2)N1. The summed E-state index contributed by atoms with van der Waals surface area (Å²) in [5, 5.41) is 3.30. The molecule has 0 radical (unpaired) electrons. The zero-order valence-electron chi connectivity index (χ0n) is 11.5. The van der Waals surface area contributed by atoms with Crippen molar-refractivity contribution in [2.24, 2.45) is 0 Å². The molecule has 0 bridgehead atoms. The summed E-state index contributed by atoms with van der Waals surface area (Å²) >= 11 is 0. The van der Waals surface area contributed by atoms with Crippen LogP contribution in [-0.2, 0) is 19.7 Å².